The largest absolute Gasteiger partial charge is 0.422 e. The molecule has 0 saturated heterocycles. The predicted molar refractivity (Wildman–Crippen MR) is 142 cm³/mol. The van der Waals surface area contributed by atoms with Crippen LogP contribution >= 0.6 is 11.3 Å². The van der Waals surface area contributed by atoms with Gasteiger partial charge in [0.25, 0.3) is 0 Å². The molecule has 3 rings (SSSR count). The third-order valence-electron chi connectivity index (χ3n) is 6.03. The second kappa shape index (κ2) is 14.7. The third kappa shape index (κ3) is 8.84. The van der Waals surface area contributed by atoms with Gasteiger partial charge in [-0.25, -0.2) is 19.2 Å². The van der Waals surface area contributed by atoms with Gasteiger partial charge in [0.2, 0.25) is 0 Å². The maximum Gasteiger partial charge on any atom is 0.353 e. The van der Waals surface area contributed by atoms with Crippen LogP contribution in [0, 0.1) is 5.82 Å². The van der Waals surface area contributed by atoms with Crippen molar-refractivity contribution < 1.29 is 13.9 Å². The Morgan fingerprint density at radius 1 is 0.857 bits per heavy atom. The molecule has 188 valence electrons. The van der Waals surface area contributed by atoms with Gasteiger partial charge in [0.15, 0.2) is 5.82 Å². The first-order valence-corrected chi connectivity index (χ1v) is 13.8. The summed E-state index contributed by atoms with van der Waals surface area (Å²) in [6.45, 7) is 4.24. The van der Waals surface area contributed by atoms with E-state index in [0.717, 1.165) is 35.3 Å². The minimum atomic E-state index is -0.541. The minimum absolute atomic E-state index is 0.279. The van der Waals surface area contributed by atoms with Crippen LogP contribution in [0.1, 0.15) is 98.2 Å². The van der Waals surface area contributed by atoms with Gasteiger partial charge in [0, 0.05) is 22.8 Å². The summed E-state index contributed by atoms with van der Waals surface area (Å²) in [7, 11) is 0. The SMILES string of the molecule is CCCCCCCCCCCc1cnc(-c2ccc(OC(=O)c3cc(F)c(CCC)s3)cc2)nc1. The summed E-state index contributed by atoms with van der Waals surface area (Å²) in [6, 6.07) is 8.34. The molecular formula is C29H37FN2O2S. The van der Waals surface area contributed by atoms with Gasteiger partial charge in [-0.15, -0.1) is 11.3 Å². The number of carbonyl (C=O) groups excluding carboxylic acids is 1. The molecule has 6 heteroatoms. The first kappa shape index (κ1) is 27.0. The van der Waals surface area contributed by atoms with E-state index in [2.05, 4.69) is 16.9 Å². The Morgan fingerprint density at radius 2 is 1.49 bits per heavy atom. The van der Waals surface area contributed by atoms with Gasteiger partial charge in [-0.1, -0.05) is 71.6 Å². The lowest BCUT2D eigenvalue weighted by molar-refractivity contribution is 0.0739. The van der Waals surface area contributed by atoms with Crippen LogP contribution in [0.25, 0.3) is 11.4 Å². The van der Waals surface area contributed by atoms with E-state index in [4.69, 9.17) is 4.74 Å². The number of rotatable bonds is 15. The van der Waals surface area contributed by atoms with Gasteiger partial charge >= 0.3 is 5.97 Å². The van der Waals surface area contributed by atoms with Crippen LogP contribution in [0.4, 0.5) is 4.39 Å². The summed E-state index contributed by atoms with van der Waals surface area (Å²) in [6.07, 6.45) is 18.1. The molecule has 0 fully saturated rings. The molecule has 0 amide bonds. The Kier molecular flexibility index (Phi) is 11.4. The van der Waals surface area contributed by atoms with E-state index < -0.39 is 5.97 Å². The Hall–Kier alpha value is -2.60. The molecule has 3 aromatic rings. The fraction of sp³-hybridized carbons (Fsp3) is 0.483. The molecule has 0 saturated carbocycles. The van der Waals surface area contributed by atoms with Gasteiger partial charge in [0.05, 0.1) is 0 Å². The summed E-state index contributed by atoms with van der Waals surface area (Å²) in [5.41, 5.74) is 2.01. The number of ether oxygens (including phenoxy) is 1. The summed E-state index contributed by atoms with van der Waals surface area (Å²) < 4.78 is 19.3. The maximum atomic E-state index is 13.9. The van der Waals surface area contributed by atoms with Crippen molar-refractivity contribution in [3.8, 4) is 17.1 Å². The molecule has 0 spiro atoms. The van der Waals surface area contributed by atoms with Crippen LogP contribution in [0.3, 0.4) is 0 Å². The normalized spacial score (nSPS) is 11.1. The third-order valence-corrected chi connectivity index (χ3v) is 7.18. The fourth-order valence-electron chi connectivity index (χ4n) is 4.01. The monoisotopic (exact) mass is 496 g/mol. The number of aromatic nitrogens is 2. The Bertz CT molecular complexity index is 1030. The lowest BCUT2D eigenvalue weighted by Gasteiger charge is -2.06. The molecule has 2 aromatic heterocycles. The lowest BCUT2D eigenvalue weighted by atomic mass is 10.1. The van der Waals surface area contributed by atoms with Crippen LogP contribution in [-0.4, -0.2) is 15.9 Å². The Balaban J connectivity index is 1.43. The van der Waals surface area contributed by atoms with Crippen molar-refractivity contribution in [3.05, 3.63) is 63.9 Å². The summed E-state index contributed by atoms with van der Waals surface area (Å²) in [4.78, 5) is 22.3. The fourth-order valence-corrected chi connectivity index (χ4v) is 5.02. The number of hydrogen-bond donors (Lipinski definition) is 0. The van der Waals surface area contributed by atoms with Crippen LogP contribution in [0.2, 0.25) is 0 Å². The van der Waals surface area contributed by atoms with Crippen LogP contribution in [-0.2, 0) is 12.8 Å². The van der Waals surface area contributed by atoms with Crippen molar-refractivity contribution in [3.63, 3.8) is 0 Å². The van der Waals surface area contributed by atoms with E-state index in [1.807, 2.05) is 31.5 Å². The van der Waals surface area contributed by atoms with Crippen molar-refractivity contribution in [2.24, 2.45) is 0 Å². The number of aryl methyl sites for hydroxylation is 2. The topological polar surface area (TPSA) is 52.1 Å². The number of carbonyl (C=O) groups is 1. The van der Waals surface area contributed by atoms with Crippen molar-refractivity contribution in [1.29, 1.82) is 0 Å². The van der Waals surface area contributed by atoms with E-state index in [1.54, 1.807) is 12.1 Å². The van der Waals surface area contributed by atoms with E-state index in [-0.39, 0.29) is 10.7 Å². The lowest BCUT2D eigenvalue weighted by Crippen LogP contribution is -2.06. The molecule has 0 N–H and O–H groups in total. The van der Waals surface area contributed by atoms with Crippen molar-refractivity contribution >= 4 is 17.3 Å². The summed E-state index contributed by atoms with van der Waals surface area (Å²) in [5, 5.41) is 0. The molecule has 1 aromatic carbocycles. The first-order chi connectivity index (χ1) is 17.1. The molecule has 4 nitrogen and oxygen atoms in total. The highest BCUT2D eigenvalue weighted by Crippen LogP contribution is 2.25. The zero-order valence-electron chi connectivity index (χ0n) is 21.0. The molecular weight excluding hydrogens is 459 g/mol. The zero-order valence-corrected chi connectivity index (χ0v) is 21.8. The van der Waals surface area contributed by atoms with E-state index in [1.165, 1.54) is 63.9 Å². The number of esters is 1. The predicted octanol–water partition coefficient (Wildman–Crippen LogP) is 8.59. The highest BCUT2D eigenvalue weighted by molar-refractivity contribution is 7.14. The maximum absolute atomic E-state index is 13.9. The second-order valence-electron chi connectivity index (χ2n) is 9.04. The smallest absolute Gasteiger partial charge is 0.353 e. The van der Waals surface area contributed by atoms with Gasteiger partial charge in [-0.2, -0.15) is 0 Å². The number of unbranched alkanes of at least 4 members (excludes halogenated alkanes) is 8. The Labute approximate surface area is 213 Å². The number of thiophene rings is 1. The van der Waals surface area contributed by atoms with Gasteiger partial charge in [-0.05, 0) is 55.2 Å². The molecule has 0 aliphatic heterocycles. The van der Waals surface area contributed by atoms with Crippen LogP contribution in [0.15, 0.2) is 42.7 Å². The van der Waals surface area contributed by atoms with Crippen molar-refractivity contribution in [2.75, 3.05) is 0 Å². The highest BCUT2D eigenvalue weighted by Gasteiger charge is 2.16. The zero-order chi connectivity index (χ0) is 24.9. The molecule has 0 radical (unpaired) electrons. The standard InChI is InChI=1S/C29H37FN2O2S/c1-3-5-6-7-8-9-10-11-12-14-22-20-31-28(32-21-22)23-15-17-24(18-16-23)34-29(33)27-19-25(30)26(35-27)13-4-2/h15-21H,3-14H2,1-2H3. The average Bonchev–Trinajstić information content (AvgIpc) is 3.24. The molecule has 0 atom stereocenters. The number of hydrogen-bond acceptors (Lipinski definition) is 5. The molecule has 2 heterocycles. The molecule has 0 aliphatic rings. The quantitative estimate of drug-likeness (QED) is 0.120. The number of halogens is 1. The van der Waals surface area contributed by atoms with E-state index in [9.17, 15) is 9.18 Å². The van der Waals surface area contributed by atoms with E-state index in [0.29, 0.717) is 22.9 Å². The van der Waals surface area contributed by atoms with Gasteiger partial charge in [0.1, 0.15) is 16.4 Å². The molecule has 0 aliphatic carbocycles. The highest BCUT2D eigenvalue weighted by atomic mass is 32.1. The molecule has 0 bridgehead atoms. The first-order valence-electron chi connectivity index (χ1n) is 13.0. The minimum Gasteiger partial charge on any atom is -0.422 e. The Morgan fingerprint density at radius 3 is 2.11 bits per heavy atom. The van der Waals surface area contributed by atoms with Crippen molar-refractivity contribution in [2.45, 2.75) is 90.9 Å². The second-order valence-corrected chi connectivity index (χ2v) is 10.2. The van der Waals surface area contributed by atoms with Gasteiger partial charge in [-0.3, -0.25) is 0 Å². The van der Waals surface area contributed by atoms with Gasteiger partial charge < -0.3 is 4.74 Å². The molecule has 0 unspecified atom stereocenters. The van der Waals surface area contributed by atoms with Crippen LogP contribution < -0.4 is 4.74 Å². The molecule has 35 heavy (non-hydrogen) atoms. The summed E-state index contributed by atoms with van der Waals surface area (Å²) >= 11 is 1.16. The number of nitrogens with zero attached hydrogens (tertiary/aromatic N) is 2. The summed E-state index contributed by atoms with van der Waals surface area (Å²) in [5.74, 6) is 0.175. The van der Waals surface area contributed by atoms with Crippen molar-refractivity contribution in [1.82, 2.24) is 9.97 Å². The number of benzene rings is 1. The average molecular weight is 497 g/mol. The van der Waals surface area contributed by atoms with E-state index >= 15 is 0 Å². The van der Waals surface area contributed by atoms with Crippen LogP contribution in [0.5, 0.6) is 5.75 Å².